The fourth-order valence-corrected chi connectivity index (χ4v) is 4.60. The van der Waals surface area contributed by atoms with E-state index in [4.69, 9.17) is 19.2 Å². The highest BCUT2D eigenvalue weighted by molar-refractivity contribution is 6.28. The maximum Gasteiger partial charge on any atom is 0.344 e. The van der Waals surface area contributed by atoms with E-state index in [9.17, 15) is 14.4 Å². The molecule has 34 heavy (non-hydrogen) atoms. The molecular formula is C27H27NO6. The smallest absolute Gasteiger partial charge is 0.344 e. The van der Waals surface area contributed by atoms with Gasteiger partial charge in [0.2, 0.25) is 17.3 Å². The molecule has 1 unspecified atom stereocenters. The predicted molar refractivity (Wildman–Crippen MR) is 125 cm³/mol. The molecular weight excluding hydrogens is 434 g/mol. The van der Waals surface area contributed by atoms with Crippen molar-refractivity contribution in [2.45, 2.75) is 43.7 Å². The molecule has 2 aromatic carbocycles. The molecule has 0 bridgehead atoms. The zero-order valence-electron chi connectivity index (χ0n) is 19.3. The highest BCUT2D eigenvalue weighted by Crippen LogP contribution is 2.46. The lowest BCUT2D eigenvalue weighted by atomic mass is 9.79. The number of ketones is 1. The van der Waals surface area contributed by atoms with Gasteiger partial charge in [-0.05, 0) is 12.8 Å². The summed E-state index contributed by atoms with van der Waals surface area (Å²) in [6, 6.07) is 17.1. The van der Waals surface area contributed by atoms with Crippen molar-refractivity contribution < 1.29 is 28.6 Å². The monoisotopic (exact) mass is 461 g/mol. The van der Waals surface area contributed by atoms with Crippen LogP contribution in [0.3, 0.4) is 0 Å². The lowest BCUT2D eigenvalue weighted by Crippen LogP contribution is -2.41. The molecule has 2 aromatic rings. The van der Waals surface area contributed by atoms with Gasteiger partial charge in [-0.3, -0.25) is 4.79 Å². The summed E-state index contributed by atoms with van der Waals surface area (Å²) in [5, 5.41) is 0. The van der Waals surface area contributed by atoms with Gasteiger partial charge in [-0.2, -0.15) is 0 Å². The number of ether oxygens (including phenoxy) is 3. The maximum atomic E-state index is 14.1. The first-order valence-corrected chi connectivity index (χ1v) is 11.4. The van der Waals surface area contributed by atoms with Crippen LogP contribution in [0.25, 0.3) is 0 Å². The molecule has 1 aliphatic carbocycles. The molecule has 1 saturated carbocycles. The first-order chi connectivity index (χ1) is 16.5. The number of aliphatic imine (C=N–C) groups is 1. The van der Waals surface area contributed by atoms with Crippen LogP contribution >= 0.6 is 0 Å². The average Bonchev–Trinajstić information content (AvgIpc) is 3.24. The number of methoxy groups -OCH3 is 2. The van der Waals surface area contributed by atoms with Gasteiger partial charge in [-0.15, -0.1) is 0 Å². The highest BCUT2D eigenvalue weighted by Gasteiger charge is 2.59. The summed E-state index contributed by atoms with van der Waals surface area (Å²) in [7, 11) is 2.41. The van der Waals surface area contributed by atoms with Crippen LogP contribution in [0, 0.1) is 0 Å². The Labute approximate surface area is 198 Å². The molecule has 0 radical (unpaired) electrons. The van der Waals surface area contributed by atoms with Crippen LogP contribution in [0.1, 0.15) is 48.0 Å². The number of hydrogen-bond acceptors (Lipinski definition) is 7. The molecule has 1 heterocycles. The van der Waals surface area contributed by atoms with Crippen LogP contribution < -0.4 is 0 Å². The van der Waals surface area contributed by atoms with Gasteiger partial charge >= 0.3 is 11.9 Å². The summed E-state index contributed by atoms with van der Waals surface area (Å²) < 4.78 is 16.4. The number of carbonyl (C=O) groups is 3. The third-order valence-corrected chi connectivity index (χ3v) is 6.26. The lowest BCUT2D eigenvalue weighted by Gasteiger charge is -2.30. The molecule has 7 nitrogen and oxygen atoms in total. The SMILES string of the molecule is COC(=O)C1=C(C(=O)OC)C(C(=O)c2ccccc2)(c2ccccc2)OC1=NC1CCCCC1. The Balaban J connectivity index is 2.01. The summed E-state index contributed by atoms with van der Waals surface area (Å²) in [6.45, 7) is 0. The molecule has 4 rings (SSSR count). The average molecular weight is 462 g/mol. The first-order valence-electron chi connectivity index (χ1n) is 11.4. The predicted octanol–water partition coefficient (Wildman–Crippen LogP) is 4.17. The van der Waals surface area contributed by atoms with Gasteiger partial charge in [-0.1, -0.05) is 79.9 Å². The van der Waals surface area contributed by atoms with Crippen LogP contribution in [0.4, 0.5) is 0 Å². The number of rotatable bonds is 6. The highest BCUT2D eigenvalue weighted by atomic mass is 16.6. The fraction of sp³-hybridized carbons (Fsp3) is 0.333. The Hall–Kier alpha value is -3.74. The molecule has 1 fully saturated rings. The van der Waals surface area contributed by atoms with E-state index < -0.39 is 23.3 Å². The van der Waals surface area contributed by atoms with Crippen molar-refractivity contribution in [1.29, 1.82) is 0 Å². The van der Waals surface area contributed by atoms with Gasteiger partial charge in [0.15, 0.2) is 0 Å². The molecule has 0 amide bonds. The largest absolute Gasteiger partial charge is 0.466 e. The number of nitrogens with zero attached hydrogens (tertiary/aromatic N) is 1. The topological polar surface area (TPSA) is 91.3 Å². The Morgan fingerprint density at radius 2 is 1.44 bits per heavy atom. The van der Waals surface area contributed by atoms with Crippen molar-refractivity contribution in [3.8, 4) is 0 Å². The molecule has 0 saturated heterocycles. The molecule has 1 atom stereocenters. The molecule has 0 spiro atoms. The van der Waals surface area contributed by atoms with E-state index in [1.54, 1.807) is 60.7 Å². The van der Waals surface area contributed by atoms with Crippen LogP contribution in [-0.2, 0) is 29.4 Å². The molecule has 0 aromatic heterocycles. The van der Waals surface area contributed by atoms with E-state index >= 15 is 0 Å². The Morgan fingerprint density at radius 3 is 2.03 bits per heavy atom. The number of Topliss-reactive ketones (excluding diaryl/α,β-unsaturated/α-hetero) is 1. The van der Waals surface area contributed by atoms with Crippen LogP contribution in [0.5, 0.6) is 0 Å². The lowest BCUT2D eigenvalue weighted by molar-refractivity contribution is -0.139. The Bertz CT molecular complexity index is 1130. The normalized spacial score (nSPS) is 21.8. The summed E-state index contributed by atoms with van der Waals surface area (Å²) in [6.07, 6.45) is 4.81. The molecule has 176 valence electrons. The standard InChI is InChI=1S/C27H27NO6/c1-32-25(30)21-22(26(31)33-2)27(19-14-8-4-9-15-19,23(29)18-12-6-3-7-13-18)34-24(21)28-20-16-10-5-11-17-20/h3-4,6-9,12-15,20H,5,10-11,16-17H2,1-2H3. The summed E-state index contributed by atoms with van der Waals surface area (Å²) >= 11 is 0. The third kappa shape index (κ3) is 4.14. The second-order valence-electron chi connectivity index (χ2n) is 8.30. The molecule has 1 aliphatic heterocycles. The van der Waals surface area contributed by atoms with Crippen molar-refractivity contribution in [2.75, 3.05) is 14.2 Å². The van der Waals surface area contributed by atoms with E-state index in [0.29, 0.717) is 11.1 Å². The summed E-state index contributed by atoms with van der Waals surface area (Å²) in [4.78, 5) is 45.1. The maximum absolute atomic E-state index is 14.1. The van der Waals surface area contributed by atoms with Gasteiger partial charge in [0.05, 0.1) is 20.3 Å². The van der Waals surface area contributed by atoms with E-state index in [-0.39, 0.29) is 23.1 Å². The van der Waals surface area contributed by atoms with E-state index in [0.717, 1.165) is 32.1 Å². The number of esters is 2. The third-order valence-electron chi connectivity index (χ3n) is 6.26. The van der Waals surface area contributed by atoms with Gasteiger partial charge < -0.3 is 14.2 Å². The minimum absolute atomic E-state index is 0.0627. The van der Waals surface area contributed by atoms with Crippen molar-refractivity contribution in [2.24, 2.45) is 4.99 Å². The minimum atomic E-state index is -1.95. The number of hydrogen-bond donors (Lipinski definition) is 0. The quantitative estimate of drug-likeness (QED) is 0.474. The molecule has 2 aliphatic rings. The van der Waals surface area contributed by atoms with Gasteiger partial charge in [0.1, 0.15) is 11.1 Å². The summed E-state index contributed by atoms with van der Waals surface area (Å²) in [5.41, 5.74) is -1.65. The van der Waals surface area contributed by atoms with Crippen LogP contribution in [0.2, 0.25) is 0 Å². The van der Waals surface area contributed by atoms with Gasteiger partial charge in [-0.25, -0.2) is 14.6 Å². The fourth-order valence-electron chi connectivity index (χ4n) is 4.60. The Kier molecular flexibility index (Phi) is 6.91. The zero-order chi connectivity index (χ0) is 24.1. The van der Waals surface area contributed by atoms with Gasteiger partial charge in [0, 0.05) is 11.1 Å². The van der Waals surface area contributed by atoms with E-state index in [1.165, 1.54) is 14.2 Å². The van der Waals surface area contributed by atoms with Crippen molar-refractivity contribution in [3.05, 3.63) is 82.9 Å². The van der Waals surface area contributed by atoms with Crippen molar-refractivity contribution >= 4 is 23.6 Å². The number of benzene rings is 2. The second-order valence-corrected chi connectivity index (χ2v) is 8.30. The van der Waals surface area contributed by atoms with E-state index in [1.807, 2.05) is 0 Å². The number of carbonyl (C=O) groups excluding carboxylic acids is 3. The van der Waals surface area contributed by atoms with Gasteiger partial charge in [0.25, 0.3) is 0 Å². The van der Waals surface area contributed by atoms with Crippen molar-refractivity contribution in [1.82, 2.24) is 0 Å². The first kappa shape index (κ1) is 23.4. The van der Waals surface area contributed by atoms with Crippen LogP contribution in [-0.4, -0.2) is 43.9 Å². The second kappa shape index (κ2) is 10.0. The van der Waals surface area contributed by atoms with E-state index in [2.05, 4.69) is 0 Å². The minimum Gasteiger partial charge on any atom is -0.466 e. The van der Waals surface area contributed by atoms with Crippen LogP contribution in [0.15, 0.2) is 76.8 Å². The van der Waals surface area contributed by atoms with Crippen molar-refractivity contribution in [3.63, 3.8) is 0 Å². The zero-order valence-corrected chi connectivity index (χ0v) is 19.3. The molecule has 7 heteroatoms. The molecule has 0 N–H and O–H groups in total. The summed E-state index contributed by atoms with van der Waals surface area (Å²) in [5.74, 6) is -2.24. The Morgan fingerprint density at radius 1 is 0.853 bits per heavy atom.